The third-order valence-corrected chi connectivity index (χ3v) is 13.7. The number of pyridine rings is 1. The lowest BCUT2D eigenvalue weighted by Gasteiger charge is -2.38. The summed E-state index contributed by atoms with van der Waals surface area (Å²) in [6.45, 7) is 13.7. The summed E-state index contributed by atoms with van der Waals surface area (Å²) in [5.74, 6) is 0.280. The van der Waals surface area contributed by atoms with Gasteiger partial charge in [0.05, 0.1) is 16.8 Å². The topological polar surface area (TPSA) is 51.6 Å². The SMILES string of the molecule is CC(C)(OC1CCCCO1)c1ccccc1CCC(CC(C)(C)[Si](C)(C)O)c1cccc(/C=C/c2ccc3ccc(Cl)cc3n2)c1. The van der Waals surface area contributed by atoms with Gasteiger partial charge in [0, 0.05) is 17.0 Å². The summed E-state index contributed by atoms with van der Waals surface area (Å²) in [7, 11) is -2.42. The van der Waals surface area contributed by atoms with E-state index < -0.39 is 13.9 Å². The van der Waals surface area contributed by atoms with Gasteiger partial charge in [-0.15, -0.1) is 0 Å². The van der Waals surface area contributed by atoms with Crippen LogP contribution in [0.1, 0.15) is 93.7 Å². The zero-order valence-corrected chi connectivity index (χ0v) is 30.1. The second-order valence-electron chi connectivity index (χ2n) is 14.5. The monoisotopic (exact) mass is 655 g/mol. The Morgan fingerprint density at radius 2 is 1.76 bits per heavy atom. The summed E-state index contributed by atoms with van der Waals surface area (Å²) >= 11 is 6.22. The molecule has 1 saturated heterocycles. The smallest absolute Gasteiger partial charge is 0.188 e. The fourth-order valence-electron chi connectivity index (χ4n) is 6.40. The van der Waals surface area contributed by atoms with Crippen LogP contribution >= 0.6 is 11.6 Å². The Morgan fingerprint density at radius 1 is 0.978 bits per heavy atom. The number of rotatable bonds is 12. The molecule has 0 bridgehead atoms. The number of ether oxygens (including phenoxy) is 2. The summed E-state index contributed by atoms with van der Waals surface area (Å²) in [5.41, 5.74) is 6.30. The molecule has 2 heterocycles. The lowest BCUT2D eigenvalue weighted by molar-refractivity contribution is -0.219. The summed E-state index contributed by atoms with van der Waals surface area (Å²) in [6, 6.07) is 27.5. The molecule has 0 saturated carbocycles. The number of benzene rings is 3. The number of aryl methyl sites for hydroxylation is 1. The first kappa shape index (κ1) is 34.5. The standard InChI is InChI=1S/C40H50ClNO3Si/c1-39(2,46(5,6)43)28-33(19-18-30-13-7-8-15-36(30)40(3,4)45-38-16-9-10-25-44-38)32-14-11-12-29(26-32)17-23-35-24-21-31-20-22-34(41)27-37(31)42-35/h7-8,11-15,17,20-24,26-27,33,38,43H,9-10,16,18-19,25,28H2,1-6H3/b23-17+. The van der Waals surface area contributed by atoms with Crippen molar-refractivity contribution in [2.75, 3.05) is 6.61 Å². The maximum Gasteiger partial charge on any atom is 0.188 e. The minimum absolute atomic E-state index is 0.152. The average molecular weight is 656 g/mol. The van der Waals surface area contributed by atoms with Crippen molar-refractivity contribution in [3.8, 4) is 0 Å². The summed E-state index contributed by atoms with van der Waals surface area (Å²) in [4.78, 5) is 16.1. The van der Waals surface area contributed by atoms with Crippen LogP contribution in [-0.4, -0.2) is 31.0 Å². The van der Waals surface area contributed by atoms with Crippen molar-refractivity contribution < 1.29 is 14.3 Å². The molecule has 0 aliphatic carbocycles. The molecule has 6 heteroatoms. The molecular formula is C40H50ClNO3Si. The highest BCUT2D eigenvalue weighted by Gasteiger charge is 2.40. The maximum absolute atomic E-state index is 11.3. The molecule has 2 atom stereocenters. The van der Waals surface area contributed by atoms with E-state index in [1.54, 1.807) is 0 Å². The van der Waals surface area contributed by atoms with Crippen LogP contribution in [0.25, 0.3) is 23.1 Å². The lowest BCUT2D eigenvalue weighted by atomic mass is 9.83. The molecule has 1 aromatic heterocycles. The van der Waals surface area contributed by atoms with E-state index in [2.05, 4.69) is 108 Å². The third kappa shape index (κ3) is 8.75. The maximum atomic E-state index is 11.3. The predicted molar refractivity (Wildman–Crippen MR) is 196 cm³/mol. The molecule has 0 spiro atoms. The molecule has 0 radical (unpaired) electrons. The fraction of sp³-hybridized carbons (Fsp3) is 0.425. The molecule has 0 amide bonds. The van der Waals surface area contributed by atoms with Crippen LogP contribution in [0.2, 0.25) is 23.2 Å². The van der Waals surface area contributed by atoms with Gasteiger partial charge < -0.3 is 14.3 Å². The van der Waals surface area contributed by atoms with Crippen LogP contribution in [0.5, 0.6) is 0 Å². The Kier molecular flexibility index (Phi) is 10.9. The zero-order valence-electron chi connectivity index (χ0n) is 28.4. The molecule has 46 heavy (non-hydrogen) atoms. The van der Waals surface area contributed by atoms with E-state index >= 15 is 0 Å². The van der Waals surface area contributed by atoms with E-state index in [0.717, 1.165) is 67.3 Å². The highest BCUT2D eigenvalue weighted by molar-refractivity contribution is 6.72. The molecular weight excluding hydrogens is 606 g/mol. The van der Waals surface area contributed by atoms with Gasteiger partial charge >= 0.3 is 0 Å². The first-order chi connectivity index (χ1) is 21.8. The van der Waals surface area contributed by atoms with E-state index in [9.17, 15) is 4.80 Å². The van der Waals surface area contributed by atoms with Crippen LogP contribution in [0.3, 0.4) is 0 Å². The van der Waals surface area contributed by atoms with Crippen LogP contribution in [0.4, 0.5) is 0 Å². The Balaban J connectivity index is 1.39. The number of hydrogen-bond acceptors (Lipinski definition) is 4. The molecule has 2 unspecified atom stereocenters. The second kappa shape index (κ2) is 14.5. The van der Waals surface area contributed by atoms with Crippen LogP contribution < -0.4 is 0 Å². The Bertz CT molecular complexity index is 1650. The highest BCUT2D eigenvalue weighted by Crippen LogP contribution is 2.46. The van der Waals surface area contributed by atoms with Crippen molar-refractivity contribution in [2.45, 2.75) is 102 Å². The van der Waals surface area contributed by atoms with E-state index in [-0.39, 0.29) is 17.2 Å². The van der Waals surface area contributed by atoms with Crippen molar-refractivity contribution >= 4 is 43.0 Å². The summed E-state index contributed by atoms with van der Waals surface area (Å²) in [6.07, 6.45) is 10.1. The van der Waals surface area contributed by atoms with Gasteiger partial charge in [0.1, 0.15) is 0 Å². The molecule has 5 rings (SSSR count). The Hall–Kier alpha value is -2.80. The molecule has 4 aromatic rings. The average Bonchev–Trinajstić information content (AvgIpc) is 3.02. The van der Waals surface area contributed by atoms with Crippen LogP contribution in [0, 0.1) is 0 Å². The van der Waals surface area contributed by atoms with Gasteiger partial charge in [-0.3, -0.25) is 0 Å². The third-order valence-electron chi connectivity index (χ3n) is 9.91. The Labute approximate surface area is 282 Å². The fourth-order valence-corrected chi connectivity index (χ4v) is 7.31. The molecule has 1 aliphatic rings. The number of halogens is 1. The molecule has 1 aliphatic heterocycles. The number of hydrogen-bond donors (Lipinski definition) is 1. The predicted octanol–water partition coefficient (Wildman–Crippen LogP) is 10.9. The van der Waals surface area contributed by atoms with E-state index in [4.69, 9.17) is 26.1 Å². The molecule has 1 N–H and O–H groups in total. The van der Waals surface area contributed by atoms with E-state index in [1.165, 1.54) is 16.7 Å². The van der Waals surface area contributed by atoms with Crippen molar-refractivity contribution in [3.63, 3.8) is 0 Å². The number of aromatic nitrogens is 1. The van der Waals surface area contributed by atoms with E-state index in [0.29, 0.717) is 5.02 Å². The van der Waals surface area contributed by atoms with Crippen molar-refractivity contribution in [2.24, 2.45) is 0 Å². The van der Waals surface area contributed by atoms with Crippen molar-refractivity contribution in [3.05, 3.63) is 112 Å². The van der Waals surface area contributed by atoms with Gasteiger partial charge in [-0.2, -0.15) is 0 Å². The first-order valence-electron chi connectivity index (χ1n) is 16.8. The largest absolute Gasteiger partial charge is 0.432 e. The normalized spacial score (nSPS) is 17.1. The summed E-state index contributed by atoms with van der Waals surface area (Å²) < 4.78 is 12.5. The highest BCUT2D eigenvalue weighted by atomic mass is 35.5. The van der Waals surface area contributed by atoms with Gasteiger partial charge in [0.2, 0.25) is 0 Å². The van der Waals surface area contributed by atoms with Gasteiger partial charge in [-0.25, -0.2) is 4.98 Å². The lowest BCUT2D eigenvalue weighted by Crippen LogP contribution is -2.40. The number of nitrogens with zero attached hydrogens (tertiary/aromatic N) is 1. The van der Waals surface area contributed by atoms with Crippen molar-refractivity contribution in [1.82, 2.24) is 4.98 Å². The van der Waals surface area contributed by atoms with Gasteiger partial charge in [0.25, 0.3) is 0 Å². The van der Waals surface area contributed by atoms with Gasteiger partial charge in [-0.05, 0) is 123 Å². The van der Waals surface area contributed by atoms with Crippen LogP contribution in [0.15, 0.2) is 78.9 Å². The number of fused-ring (bicyclic) bond motifs is 1. The first-order valence-corrected chi connectivity index (χ1v) is 20.1. The van der Waals surface area contributed by atoms with E-state index in [1.807, 2.05) is 24.3 Å². The molecule has 244 valence electrons. The van der Waals surface area contributed by atoms with Crippen LogP contribution in [-0.2, 0) is 21.5 Å². The minimum Gasteiger partial charge on any atom is -0.432 e. The second-order valence-corrected chi connectivity index (χ2v) is 19.4. The van der Waals surface area contributed by atoms with Gasteiger partial charge in [-0.1, -0.05) is 92.2 Å². The van der Waals surface area contributed by atoms with Crippen molar-refractivity contribution in [1.29, 1.82) is 0 Å². The Morgan fingerprint density at radius 3 is 2.52 bits per heavy atom. The molecule has 3 aromatic carbocycles. The van der Waals surface area contributed by atoms with Gasteiger partial charge in [0.15, 0.2) is 14.6 Å². The zero-order chi connectivity index (χ0) is 33.0. The quantitative estimate of drug-likeness (QED) is 0.154. The molecule has 1 fully saturated rings. The minimum atomic E-state index is -2.42. The summed E-state index contributed by atoms with van der Waals surface area (Å²) in [5, 5.41) is 1.61. The molecule has 4 nitrogen and oxygen atoms in total.